The zero-order valence-corrected chi connectivity index (χ0v) is 33.8. The summed E-state index contributed by atoms with van der Waals surface area (Å²) in [5.74, 6) is -0.133. The van der Waals surface area contributed by atoms with E-state index in [9.17, 15) is 19.8 Å². The van der Waals surface area contributed by atoms with Gasteiger partial charge in [0.05, 0.1) is 25.4 Å². The maximum Gasteiger partial charge on any atom is 0.305 e. The number of allylic oxidation sites excluding steroid dienone is 3. The summed E-state index contributed by atoms with van der Waals surface area (Å²) in [7, 11) is 0. The molecule has 6 heteroatoms. The topological polar surface area (TPSA) is 95.9 Å². The zero-order chi connectivity index (χ0) is 37.3. The first-order chi connectivity index (χ1) is 25.0. The lowest BCUT2D eigenvalue weighted by Crippen LogP contribution is -2.45. The highest BCUT2D eigenvalue weighted by Gasteiger charge is 2.18. The number of hydrogen-bond donors (Lipinski definition) is 3. The monoisotopic (exact) mass is 720 g/mol. The van der Waals surface area contributed by atoms with E-state index >= 15 is 0 Å². The first-order valence-corrected chi connectivity index (χ1v) is 22.1. The number of esters is 1. The van der Waals surface area contributed by atoms with Crippen molar-refractivity contribution >= 4 is 11.9 Å². The van der Waals surface area contributed by atoms with Crippen LogP contribution in [0, 0.1) is 0 Å². The fraction of sp³-hybridized carbons (Fsp3) is 0.867. The summed E-state index contributed by atoms with van der Waals surface area (Å²) in [6.45, 7) is 4.79. The van der Waals surface area contributed by atoms with E-state index in [0.29, 0.717) is 19.4 Å². The van der Waals surface area contributed by atoms with Crippen LogP contribution in [0.4, 0.5) is 0 Å². The maximum absolute atomic E-state index is 12.3. The maximum atomic E-state index is 12.3. The van der Waals surface area contributed by atoms with E-state index < -0.39 is 12.1 Å². The third-order valence-corrected chi connectivity index (χ3v) is 9.97. The molecule has 0 aliphatic carbocycles. The van der Waals surface area contributed by atoms with Gasteiger partial charge in [0, 0.05) is 12.8 Å². The van der Waals surface area contributed by atoms with Gasteiger partial charge in [-0.05, 0) is 57.8 Å². The second kappa shape index (κ2) is 41.1. The van der Waals surface area contributed by atoms with Crippen molar-refractivity contribution in [2.75, 3.05) is 13.2 Å². The number of nitrogens with one attached hydrogen (secondary N) is 1. The smallest absolute Gasteiger partial charge is 0.305 e. The summed E-state index contributed by atoms with van der Waals surface area (Å²) in [5, 5.41) is 22.8. The van der Waals surface area contributed by atoms with Crippen LogP contribution in [0.5, 0.6) is 0 Å². The van der Waals surface area contributed by atoms with Crippen molar-refractivity contribution in [2.24, 2.45) is 0 Å². The van der Waals surface area contributed by atoms with E-state index in [1.165, 1.54) is 116 Å². The molecular weight excluding hydrogens is 634 g/mol. The van der Waals surface area contributed by atoms with Crippen molar-refractivity contribution < 1.29 is 24.5 Å². The van der Waals surface area contributed by atoms with Gasteiger partial charge in [0.2, 0.25) is 5.91 Å². The average Bonchev–Trinajstić information content (AvgIpc) is 3.13. The minimum atomic E-state index is -0.859. The molecule has 0 radical (unpaired) electrons. The van der Waals surface area contributed by atoms with Crippen LogP contribution in [0.15, 0.2) is 24.3 Å². The molecule has 0 spiro atoms. The summed E-state index contributed by atoms with van der Waals surface area (Å²) in [5.41, 5.74) is 0. The molecule has 0 saturated carbocycles. The van der Waals surface area contributed by atoms with Gasteiger partial charge in [-0.2, -0.15) is 0 Å². The Morgan fingerprint density at radius 2 is 0.922 bits per heavy atom. The Morgan fingerprint density at radius 1 is 0.529 bits per heavy atom. The van der Waals surface area contributed by atoms with Crippen LogP contribution in [0.3, 0.4) is 0 Å². The molecule has 0 aromatic heterocycles. The number of hydrogen-bond acceptors (Lipinski definition) is 5. The standard InChI is InChI=1S/C45H85NO5/c1-3-5-7-9-11-13-15-16-19-23-27-31-35-39-45(50)51-40-36-32-28-24-20-17-18-22-26-30-34-38-44(49)46-42(41-47)43(48)37-33-29-25-21-14-12-10-8-6-4-2/h20,24,33,37,42-43,47-48H,3-19,21-23,25-32,34-36,38-41H2,1-2H3,(H,46,49)/b24-20-,37-33+. The van der Waals surface area contributed by atoms with Crippen molar-refractivity contribution in [2.45, 2.75) is 238 Å². The van der Waals surface area contributed by atoms with Crippen LogP contribution in [-0.2, 0) is 14.3 Å². The van der Waals surface area contributed by atoms with E-state index in [1.807, 2.05) is 6.08 Å². The lowest BCUT2D eigenvalue weighted by atomic mass is 10.0. The van der Waals surface area contributed by atoms with Crippen molar-refractivity contribution in [1.82, 2.24) is 5.32 Å². The Hall–Kier alpha value is -1.66. The van der Waals surface area contributed by atoms with E-state index in [4.69, 9.17) is 4.74 Å². The number of aliphatic hydroxyl groups is 2. The number of carbonyl (C=O) groups is 2. The molecule has 0 fully saturated rings. The first kappa shape index (κ1) is 49.3. The fourth-order valence-corrected chi connectivity index (χ4v) is 6.51. The number of unbranched alkanes of at least 4 members (excludes halogenated alkanes) is 27. The molecule has 3 N–H and O–H groups in total. The van der Waals surface area contributed by atoms with E-state index in [0.717, 1.165) is 83.5 Å². The van der Waals surface area contributed by atoms with Crippen LogP contribution in [0.2, 0.25) is 0 Å². The molecule has 2 atom stereocenters. The molecule has 0 aliphatic heterocycles. The van der Waals surface area contributed by atoms with Gasteiger partial charge in [-0.15, -0.1) is 0 Å². The molecule has 1 amide bonds. The zero-order valence-electron chi connectivity index (χ0n) is 33.8. The molecular formula is C45H85NO5. The predicted octanol–water partition coefficient (Wildman–Crippen LogP) is 12.4. The summed E-state index contributed by atoms with van der Waals surface area (Å²) < 4.78 is 5.42. The van der Waals surface area contributed by atoms with E-state index in [2.05, 4.69) is 31.3 Å². The Morgan fingerprint density at radius 3 is 1.39 bits per heavy atom. The number of aliphatic hydroxyl groups excluding tert-OH is 2. The number of ether oxygens (including phenoxy) is 1. The molecule has 0 aromatic carbocycles. The van der Waals surface area contributed by atoms with Gasteiger partial charge < -0.3 is 20.3 Å². The normalized spacial score (nSPS) is 12.9. The number of amides is 1. The average molecular weight is 720 g/mol. The lowest BCUT2D eigenvalue weighted by Gasteiger charge is -2.20. The van der Waals surface area contributed by atoms with Crippen LogP contribution in [0.1, 0.15) is 226 Å². The predicted molar refractivity (Wildman–Crippen MR) is 218 cm³/mol. The minimum Gasteiger partial charge on any atom is -0.466 e. The van der Waals surface area contributed by atoms with Gasteiger partial charge >= 0.3 is 5.97 Å². The van der Waals surface area contributed by atoms with Gasteiger partial charge in [-0.3, -0.25) is 9.59 Å². The fourth-order valence-electron chi connectivity index (χ4n) is 6.51. The summed E-state index contributed by atoms with van der Waals surface area (Å²) in [6.07, 6.45) is 45.9. The second-order valence-corrected chi connectivity index (χ2v) is 15.0. The van der Waals surface area contributed by atoms with Crippen LogP contribution >= 0.6 is 0 Å². The van der Waals surface area contributed by atoms with Gasteiger partial charge in [0.15, 0.2) is 0 Å². The molecule has 0 saturated heterocycles. The summed E-state index contributed by atoms with van der Waals surface area (Å²) in [6, 6.07) is -0.645. The highest BCUT2D eigenvalue weighted by molar-refractivity contribution is 5.76. The van der Waals surface area contributed by atoms with E-state index in [-0.39, 0.29) is 18.5 Å². The Bertz CT molecular complexity index is 797. The van der Waals surface area contributed by atoms with E-state index in [1.54, 1.807) is 6.08 Å². The Balaban J connectivity index is 3.55. The quantitative estimate of drug-likeness (QED) is 0.0333. The van der Waals surface area contributed by atoms with Crippen molar-refractivity contribution in [3.8, 4) is 0 Å². The van der Waals surface area contributed by atoms with Gasteiger partial charge in [-0.25, -0.2) is 0 Å². The second-order valence-electron chi connectivity index (χ2n) is 15.0. The third kappa shape index (κ3) is 37.9. The lowest BCUT2D eigenvalue weighted by molar-refractivity contribution is -0.143. The summed E-state index contributed by atoms with van der Waals surface area (Å²) >= 11 is 0. The van der Waals surface area contributed by atoms with Crippen molar-refractivity contribution in [1.29, 1.82) is 0 Å². The highest BCUT2D eigenvalue weighted by Crippen LogP contribution is 2.14. The van der Waals surface area contributed by atoms with Gasteiger partial charge in [0.1, 0.15) is 0 Å². The Kier molecular flexibility index (Phi) is 39.8. The third-order valence-electron chi connectivity index (χ3n) is 9.97. The van der Waals surface area contributed by atoms with Crippen LogP contribution in [-0.4, -0.2) is 47.4 Å². The molecule has 0 aliphatic rings. The SMILES string of the molecule is CCCCCCCCCC/C=C/C(O)C(CO)NC(=O)CCCCCCC/C=C\CCCCOC(=O)CCCCCCCCCCCCCCC. The van der Waals surface area contributed by atoms with Crippen LogP contribution in [0.25, 0.3) is 0 Å². The van der Waals surface area contributed by atoms with Crippen molar-refractivity contribution in [3.05, 3.63) is 24.3 Å². The Labute approximate surface area is 316 Å². The molecule has 0 heterocycles. The van der Waals surface area contributed by atoms with Crippen molar-refractivity contribution in [3.63, 3.8) is 0 Å². The molecule has 0 bridgehead atoms. The summed E-state index contributed by atoms with van der Waals surface area (Å²) in [4.78, 5) is 24.3. The molecule has 0 rings (SSSR count). The molecule has 6 nitrogen and oxygen atoms in total. The number of rotatable bonds is 40. The molecule has 300 valence electrons. The molecule has 2 unspecified atom stereocenters. The molecule has 0 aromatic rings. The largest absolute Gasteiger partial charge is 0.466 e. The van der Waals surface area contributed by atoms with Gasteiger partial charge in [0.25, 0.3) is 0 Å². The minimum absolute atomic E-state index is 0.0327. The first-order valence-electron chi connectivity index (χ1n) is 22.1. The number of carbonyl (C=O) groups excluding carboxylic acids is 2. The van der Waals surface area contributed by atoms with Crippen LogP contribution < -0.4 is 5.32 Å². The molecule has 51 heavy (non-hydrogen) atoms. The highest BCUT2D eigenvalue weighted by atomic mass is 16.5. The van der Waals surface area contributed by atoms with Gasteiger partial charge in [-0.1, -0.05) is 179 Å².